The zero-order valence-electron chi connectivity index (χ0n) is 12.3. The molecule has 5 heteroatoms. The summed E-state index contributed by atoms with van der Waals surface area (Å²) in [4.78, 5) is 23.4. The van der Waals surface area contributed by atoms with Gasteiger partial charge in [0.1, 0.15) is 5.60 Å². The van der Waals surface area contributed by atoms with Crippen molar-refractivity contribution in [1.82, 2.24) is 5.32 Å². The highest BCUT2D eigenvalue weighted by atomic mass is 16.6. The Morgan fingerprint density at radius 1 is 1.20 bits per heavy atom. The Balaban J connectivity index is 2.68. The van der Waals surface area contributed by atoms with Crippen LogP contribution in [0, 0.1) is 0 Å². The molecule has 0 aliphatic carbocycles. The molecule has 0 fully saturated rings. The number of esters is 1. The molecule has 0 bridgehead atoms. The van der Waals surface area contributed by atoms with E-state index in [1.54, 1.807) is 20.8 Å². The lowest BCUT2D eigenvalue weighted by Crippen LogP contribution is -2.36. The maximum Gasteiger partial charge on any atom is 0.407 e. The molecule has 20 heavy (non-hydrogen) atoms. The highest BCUT2D eigenvalue weighted by molar-refractivity contribution is 5.79. The second-order valence-electron chi connectivity index (χ2n) is 5.37. The van der Waals surface area contributed by atoms with Crippen molar-refractivity contribution in [2.45, 2.75) is 32.3 Å². The van der Waals surface area contributed by atoms with Crippen molar-refractivity contribution in [3.63, 3.8) is 0 Å². The Bertz CT molecular complexity index is 451. The third-order valence-corrected chi connectivity index (χ3v) is 2.54. The fraction of sp³-hybridized carbons (Fsp3) is 0.467. The third-order valence-electron chi connectivity index (χ3n) is 2.54. The maximum atomic E-state index is 11.8. The lowest BCUT2D eigenvalue weighted by atomic mass is 9.99. The van der Waals surface area contributed by atoms with E-state index < -0.39 is 23.6 Å². The molecule has 1 atom stereocenters. The first kappa shape index (κ1) is 16.0. The first-order chi connectivity index (χ1) is 9.33. The molecule has 0 aliphatic heterocycles. The van der Waals surface area contributed by atoms with E-state index in [9.17, 15) is 9.59 Å². The van der Waals surface area contributed by atoms with Gasteiger partial charge in [-0.2, -0.15) is 0 Å². The van der Waals surface area contributed by atoms with Crippen LogP contribution < -0.4 is 5.32 Å². The molecule has 0 unspecified atom stereocenters. The Morgan fingerprint density at radius 2 is 1.80 bits per heavy atom. The first-order valence-electron chi connectivity index (χ1n) is 6.43. The van der Waals surface area contributed by atoms with Crippen molar-refractivity contribution in [2.75, 3.05) is 13.7 Å². The molecular weight excluding hydrogens is 258 g/mol. The smallest absolute Gasteiger partial charge is 0.407 e. The second kappa shape index (κ2) is 6.93. The van der Waals surface area contributed by atoms with Gasteiger partial charge < -0.3 is 14.8 Å². The molecule has 0 saturated carbocycles. The molecule has 0 radical (unpaired) electrons. The zero-order valence-corrected chi connectivity index (χ0v) is 12.3. The van der Waals surface area contributed by atoms with Gasteiger partial charge in [0.15, 0.2) is 0 Å². The van der Waals surface area contributed by atoms with E-state index in [0.29, 0.717) is 0 Å². The number of nitrogens with one attached hydrogen (secondary N) is 1. The summed E-state index contributed by atoms with van der Waals surface area (Å²) in [5, 5.41) is 2.59. The quantitative estimate of drug-likeness (QED) is 0.860. The standard InChI is InChI=1S/C15H21NO4/c1-15(2,3)20-14(18)16-10-12(13(17)19-4)11-8-6-5-7-9-11/h5-9,12H,10H2,1-4H3,(H,16,18)/t12-/m1/s1. The zero-order chi connectivity index (χ0) is 15.2. The van der Waals surface area contributed by atoms with Crippen LogP contribution in [-0.2, 0) is 14.3 Å². The normalized spacial score (nSPS) is 12.4. The van der Waals surface area contributed by atoms with Crippen LogP contribution in [0.25, 0.3) is 0 Å². The van der Waals surface area contributed by atoms with Crippen LogP contribution in [0.5, 0.6) is 0 Å². The predicted octanol–water partition coefficient (Wildman–Crippen LogP) is 2.47. The topological polar surface area (TPSA) is 64.6 Å². The van der Waals surface area contributed by atoms with Crippen LogP contribution in [-0.4, -0.2) is 31.3 Å². The molecule has 1 rings (SSSR count). The third kappa shape index (κ3) is 5.30. The van der Waals surface area contributed by atoms with Crippen LogP contribution in [0.1, 0.15) is 32.3 Å². The minimum atomic E-state index is -0.572. The van der Waals surface area contributed by atoms with E-state index in [2.05, 4.69) is 5.32 Å². The Hall–Kier alpha value is -2.04. The molecular formula is C15H21NO4. The van der Waals surface area contributed by atoms with Crippen LogP contribution >= 0.6 is 0 Å². The molecule has 110 valence electrons. The molecule has 1 aromatic carbocycles. The molecule has 0 aliphatic rings. The summed E-state index contributed by atoms with van der Waals surface area (Å²) in [6.07, 6.45) is -0.553. The minimum absolute atomic E-state index is 0.131. The summed E-state index contributed by atoms with van der Waals surface area (Å²) in [6, 6.07) is 9.16. The number of carbonyl (C=O) groups is 2. The largest absolute Gasteiger partial charge is 0.468 e. The number of methoxy groups -OCH3 is 1. The van der Waals surface area contributed by atoms with Crippen LogP contribution in [0.3, 0.4) is 0 Å². The Morgan fingerprint density at radius 3 is 2.30 bits per heavy atom. The van der Waals surface area contributed by atoms with Crippen molar-refractivity contribution in [2.24, 2.45) is 0 Å². The molecule has 0 spiro atoms. The molecule has 0 heterocycles. The van der Waals surface area contributed by atoms with Crippen molar-refractivity contribution in [1.29, 1.82) is 0 Å². The molecule has 1 N–H and O–H groups in total. The summed E-state index contributed by atoms with van der Waals surface area (Å²) in [7, 11) is 1.33. The average molecular weight is 279 g/mol. The summed E-state index contributed by atoms with van der Waals surface area (Å²) < 4.78 is 9.90. The SMILES string of the molecule is COC(=O)[C@H](CNC(=O)OC(C)(C)C)c1ccccc1. The number of hydrogen-bond donors (Lipinski definition) is 1. The summed E-state index contributed by atoms with van der Waals surface area (Å²) in [5.41, 5.74) is 0.216. The van der Waals surface area contributed by atoms with Crippen LogP contribution in [0.15, 0.2) is 30.3 Å². The number of benzene rings is 1. The van der Waals surface area contributed by atoms with Crippen molar-refractivity contribution >= 4 is 12.1 Å². The number of amides is 1. The van der Waals surface area contributed by atoms with Gasteiger partial charge in [0, 0.05) is 6.54 Å². The van der Waals surface area contributed by atoms with Gasteiger partial charge in [-0.15, -0.1) is 0 Å². The van der Waals surface area contributed by atoms with Gasteiger partial charge in [-0.3, -0.25) is 4.79 Å². The number of alkyl carbamates (subject to hydrolysis) is 1. The highest BCUT2D eigenvalue weighted by Crippen LogP contribution is 2.16. The lowest BCUT2D eigenvalue weighted by Gasteiger charge is -2.21. The average Bonchev–Trinajstić information content (AvgIpc) is 2.37. The lowest BCUT2D eigenvalue weighted by molar-refractivity contribution is -0.142. The molecule has 1 aromatic rings. The molecule has 1 amide bonds. The summed E-state index contributed by atoms with van der Waals surface area (Å²) in [6.45, 7) is 5.47. The monoisotopic (exact) mass is 279 g/mol. The van der Waals surface area contributed by atoms with E-state index in [-0.39, 0.29) is 6.54 Å². The number of rotatable bonds is 4. The van der Waals surface area contributed by atoms with E-state index in [1.807, 2.05) is 30.3 Å². The predicted molar refractivity (Wildman–Crippen MR) is 75.4 cm³/mol. The fourth-order valence-electron chi connectivity index (χ4n) is 1.66. The van der Waals surface area contributed by atoms with E-state index >= 15 is 0 Å². The van der Waals surface area contributed by atoms with E-state index in [0.717, 1.165) is 5.56 Å². The number of carbonyl (C=O) groups excluding carboxylic acids is 2. The van der Waals surface area contributed by atoms with Crippen molar-refractivity contribution in [3.05, 3.63) is 35.9 Å². The van der Waals surface area contributed by atoms with Gasteiger partial charge in [0.2, 0.25) is 0 Å². The van der Waals surface area contributed by atoms with Crippen molar-refractivity contribution in [3.8, 4) is 0 Å². The number of ether oxygens (including phenoxy) is 2. The van der Waals surface area contributed by atoms with Crippen molar-refractivity contribution < 1.29 is 19.1 Å². The summed E-state index contributed by atoms with van der Waals surface area (Å²) >= 11 is 0. The maximum absolute atomic E-state index is 11.8. The van der Waals surface area contributed by atoms with Gasteiger partial charge in [-0.25, -0.2) is 4.79 Å². The highest BCUT2D eigenvalue weighted by Gasteiger charge is 2.23. The van der Waals surface area contributed by atoms with Crippen LogP contribution in [0.4, 0.5) is 4.79 Å². The van der Waals surface area contributed by atoms with Gasteiger partial charge >= 0.3 is 12.1 Å². The second-order valence-corrected chi connectivity index (χ2v) is 5.37. The molecule has 0 aromatic heterocycles. The Labute approximate surface area is 119 Å². The van der Waals surface area contributed by atoms with Gasteiger partial charge in [0.25, 0.3) is 0 Å². The van der Waals surface area contributed by atoms with Gasteiger partial charge in [-0.1, -0.05) is 30.3 Å². The first-order valence-corrected chi connectivity index (χ1v) is 6.43. The minimum Gasteiger partial charge on any atom is -0.468 e. The summed E-state index contributed by atoms with van der Waals surface area (Å²) in [5.74, 6) is -0.944. The fourth-order valence-corrected chi connectivity index (χ4v) is 1.66. The van der Waals surface area contributed by atoms with E-state index in [1.165, 1.54) is 7.11 Å². The Kier molecular flexibility index (Phi) is 5.55. The molecule has 5 nitrogen and oxygen atoms in total. The number of hydrogen-bond acceptors (Lipinski definition) is 4. The van der Waals surface area contributed by atoms with Gasteiger partial charge in [-0.05, 0) is 26.3 Å². The molecule has 0 saturated heterocycles. The van der Waals surface area contributed by atoms with E-state index in [4.69, 9.17) is 9.47 Å². The van der Waals surface area contributed by atoms with Gasteiger partial charge in [0.05, 0.1) is 13.0 Å². The van der Waals surface area contributed by atoms with Crippen LogP contribution in [0.2, 0.25) is 0 Å².